The molecule has 1 N–H and O–H groups in total. The van der Waals surface area contributed by atoms with Gasteiger partial charge in [0, 0.05) is 23.1 Å². The third-order valence-electron chi connectivity index (χ3n) is 6.72. The number of ether oxygens (including phenoxy) is 2. The zero-order valence-corrected chi connectivity index (χ0v) is 20.6. The van der Waals surface area contributed by atoms with Crippen LogP contribution < -0.4 is 0 Å². The first-order chi connectivity index (χ1) is 17.0. The van der Waals surface area contributed by atoms with Gasteiger partial charge in [0.05, 0.1) is 12.2 Å². The van der Waals surface area contributed by atoms with Crippen molar-refractivity contribution in [1.29, 1.82) is 0 Å². The zero-order valence-electron chi connectivity index (χ0n) is 19.0. The molecule has 180 valence electrons. The van der Waals surface area contributed by atoms with Gasteiger partial charge in [0.25, 0.3) is 0 Å². The number of amides is 1. The summed E-state index contributed by atoms with van der Waals surface area (Å²) in [6, 6.07) is 20.0. The van der Waals surface area contributed by atoms with Crippen molar-refractivity contribution in [2.24, 2.45) is 0 Å². The Labute approximate surface area is 211 Å². The standard InChI is InChI=1S/C27H25BrN2O5/c28-18-10-11-24(29-14-18)27(35-16-25(31)32)12-5-13-30(17-27)26(33)34-15-23-21-8-3-1-6-19(21)20-7-2-4-9-22(20)23/h1-4,6-11,14,23H,5,12-13,15-17H2,(H,31,32). The van der Waals surface area contributed by atoms with E-state index < -0.39 is 24.3 Å². The predicted molar refractivity (Wildman–Crippen MR) is 133 cm³/mol. The number of aromatic nitrogens is 1. The third-order valence-corrected chi connectivity index (χ3v) is 7.18. The molecule has 1 fully saturated rings. The Morgan fingerprint density at radius 1 is 1.06 bits per heavy atom. The molecule has 0 spiro atoms. The van der Waals surface area contributed by atoms with E-state index in [9.17, 15) is 14.7 Å². The molecule has 5 rings (SSSR count). The van der Waals surface area contributed by atoms with Crippen LogP contribution in [-0.4, -0.2) is 53.4 Å². The third kappa shape index (κ3) is 4.68. The van der Waals surface area contributed by atoms with Crippen molar-refractivity contribution >= 4 is 28.0 Å². The number of carbonyl (C=O) groups is 2. The fourth-order valence-corrected chi connectivity index (χ4v) is 5.34. The second kappa shape index (κ2) is 9.79. The number of hydrogen-bond acceptors (Lipinski definition) is 5. The van der Waals surface area contributed by atoms with E-state index in [2.05, 4.69) is 45.2 Å². The highest BCUT2D eigenvalue weighted by atomic mass is 79.9. The maximum Gasteiger partial charge on any atom is 0.409 e. The average molecular weight is 537 g/mol. The molecule has 0 saturated carbocycles. The number of nitrogens with zero attached hydrogens (tertiary/aromatic N) is 2. The molecule has 1 unspecified atom stereocenters. The highest BCUT2D eigenvalue weighted by Gasteiger charge is 2.42. The van der Waals surface area contributed by atoms with Crippen LogP contribution in [0.15, 0.2) is 71.3 Å². The Balaban J connectivity index is 1.33. The number of aliphatic carboxylic acids is 1. The van der Waals surface area contributed by atoms with Crippen molar-refractivity contribution < 1.29 is 24.2 Å². The van der Waals surface area contributed by atoms with Crippen molar-refractivity contribution in [3.05, 3.63) is 88.2 Å². The van der Waals surface area contributed by atoms with E-state index in [-0.39, 0.29) is 19.1 Å². The number of fused-ring (bicyclic) bond motifs is 3. The normalized spacial score (nSPS) is 19.2. The summed E-state index contributed by atoms with van der Waals surface area (Å²) in [7, 11) is 0. The lowest BCUT2D eigenvalue weighted by Gasteiger charge is -2.41. The second-order valence-corrected chi connectivity index (χ2v) is 9.78. The van der Waals surface area contributed by atoms with Crippen molar-refractivity contribution in [2.75, 3.05) is 26.3 Å². The highest BCUT2D eigenvalue weighted by molar-refractivity contribution is 9.10. The van der Waals surface area contributed by atoms with Crippen molar-refractivity contribution in [2.45, 2.75) is 24.4 Å². The van der Waals surface area contributed by atoms with Gasteiger partial charge < -0.3 is 19.5 Å². The Morgan fingerprint density at radius 2 is 1.74 bits per heavy atom. The maximum absolute atomic E-state index is 13.2. The van der Waals surface area contributed by atoms with Crippen LogP contribution in [0.25, 0.3) is 11.1 Å². The molecule has 1 aliphatic carbocycles. The van der Waals surface area contributed by atoms with Crippen LogP contribution in [-0.2, 0) is 19.9 Å². The average Bonchev–Trinajstić information content (AvgIpc) is 3.20. The van der Waals surface area contributed by atoms with Gasteiger partial charge in [0.1, 0.15) is 18.8 Å². The largest absolute Gasteiger partial charge is 0.480 e. The van der Waals surface area contributed by atoms with Gasteiger partial charge in [0.2, 0.25) is 0 Å². The molecule has 1 atom stereocenters. The van der Waals surface area contributed by atoms with E-state index in [4.69, 9.17) is 9.47 Å². The molecule has 0 bridgehead atoms. The van der Waals surface area contributed by atoms with E-state index in [1.165, 1.54) is 11.1 Å². The van der Waals surface area contributed by atoms with Gasteiger partial charge in [-0.25, -0.2) is 9.59 Å². The lowest BCUT2D eigenvalue weighted by Crippen LogP contribution is -2.51. The van der Waals surface area contributed by atoms with Gasteiger partial charge in [-0.2, -0.15) is 0 Å². The Bertz CT molecular complexity index is 1200. The van der Waals surface area contributed by atoms with Crippen LogP contribution in [0, 0.1) is 0 Å². The van der Waals surface area contributed by atoms with Gasteiger partial charge >= 0.3 is 12.1 Å². The highest BCUT2D eigenvalue weighted by Crippen LogP contribution is 2.44. The van der Waals surface area contributed by atoms with E-state index >= 15 is 0 Å². The summed E-state index contributed by atoms with van der Waals surface area (Å²) < 4.78 is 12.5. The molecule has 1 amide bonds. The van der Waals surface area contributed by atoms with Crippen LogP contribution in [0.2, 0.25) is 0 Å². The molecule has 3 aromatic rings. The number of likely N-dealkylation sites (tertiary alicyclic amines) is 1. The monoisotopic (exact) mass is 536 g/mol. The van der Waals surface area contributed by atoms with Gasteiger partial charge in [-0.15, -0.1) is 0 Å². The van der Waals surface area contributed by atoms with Crippen molar-refractivity contribution in [3.8, 4) is 11.1 Å². The number of carbonyl (C=O) groups excluding carboxylic acids is 1. The van der Waals surface area contributed by atoms with Crippen molar-refractivity contribution in [3.63, 3.8) is 0 Å². The number of hydrogen-bond donors (Lipinski definition) is 1. The summed E-state index contributed by atoms with van der Waals surface area (Å²) in [5.74, 6) is -1.10. The summed E-state index contributed by atoms with van der Waals surface area (Å²) in [5, 5.41) is 9.23. The number of pyridine rings is 1. The van der Waals surface area contributed by atoms with Gasteiger partial charge in [-0.1, -0.05) is 48.5 Å². The molecular formula is C27H25BrN2O5. The molecule has 0 radical (unpaired) electrons. The number of benzene rings is 2. The van der Waals surface area contributed by atoms with E-state index in [0.717, 1.165) is 15.6 Å². The molecule has 2 heterocycles. The van der Waals surface area contributed by atoms with Crippen LogP contribution in [0.3, 0.4) is 0 Å². The summed E-state index contributed by atoms with van der Waals surface area (Å²) in [6.45, 7) is 0.427. The summed E-state index contributed by atoms with van der Waals surface area (Å²) in [6.07, 6.45) is 2.41. The minimum absolute atomic E-state index is 0.0303. The molecule has 35 heavy (non-hydrogen) atoms. The minimum atomic E-state index is -1.07. The van der Waals surface area contributed by atoms with Gasteiger partial charge in [-0.3, -0.25) is 4.98 Å². The predicted octanol–water partition coefficient (Wildman–Crippen LogP) is 5.19. The van der Waals surface area contributed by atoms with Crippen LogP contribution >= 0.6 is 15.9 Å². The van der Waals surface area contributed by atoms with Crippen molar-refractivity contribution in [1.82, 2.24) is 9.88 Å². The maximum atomic E-state index is 13.2. The Kier molecular flexibility index (Phi) is 6.58. The van der Waals surface area contributed by atoms with E-state index in [0.29, 0.717) is 25.1 Å². The fraction of sp³-hybridized carbons (Fsp3) is 0.296. The molecule has 1 aliphatic heterocycles. The lowest BCUT2D eigenvalue weighted by molar-refractivity contribution is -0.155. The Hall–Kier alpha value is -3.23. The van der Waals surface area contributed by atoms with Crippen LogP contribution in [0.4, 0.5) is 4.79 Å². The number of piperidine rings is 1. The number of carboxylic acid groups (broad SMARTS) is 1. The van der Waals surface area contributed by atoms with Crippen LogP contribution in [0.1, 0.15) is 35.6 Å². The number of halogens is 1. The molecule has 1 saturated heterocycles. The lowest BCUT2D eigenvalue weighted by atomic mass is 9.89. The number of carboxylic acids is 1. The minimum Gasteiger partial charge on any atom is -0.480 e. The molecular weight excluding hydrogens is 512 g/mol. The van der Waals surface area contributed by atoms with E-state index in [1.807, 2.05) is 30.3 Å². The Morgan fingerprint density at radius 3 is 2.37 bits per heavy atom. The smallest absolute Gasteiger partial charge is 0.409 e. The summed E-state index contributed by atoms with van der Waals surface area (Å²) in [5.41, 5.74) is 4.23. The topological polar surface area (TPSA) is 89.0 Å². The summed E-state index contributed by atoms with van der Waals surface area (Å²) in [4.78, 5) is 30.5. The second-order valence-electron chi connectivity index (χ2n) is 8.87. The first kappa shape index (κ1) is 23.5. The quantitative estimate of drug-likeness (QED) is 0.466. The zero-order chi connectivity index (χ0) is 24.4. The molecule has 7 nitrogen and oxygen atoms in total. The van der Waals surface area contributed by atoms with Gasteiger partial charge in [0.15, 0.2) is 0 Å². The molecule has 2 aromatic carbocycles. The number of rotatable bonds is 6. The van der Waals surface area contributed by atoms with Gasteiger partial charge in [-0.05, 0) is 63.2 Å². The van der Waals surface area contributed by atoms with Crippen LogP contribution in [0.5, 0.6) is 0 Å². The fourth-order valence-electron chi connectivity index (χ4n) is 5.11. The first-order valence-corrected chi connectivity index (χ1v) is 12.3. The molecule has 2 aliphatic rings. The SMILES string of the molecule is O=C(O)COC1(c2ccc(Br)cn2)CCCN(C(=O)OCC2c3ccccc3-c3ccccc32)C1. The first-order valence-electron chi connectivity index (χ1n) is 11.5. The van der Waals surface area contributed by atoms with E-state index in [1.54, 1.807) is 17.2 Å². The molecule has 1 aromatic heterocycles. The molecule has 8 heteroatoms. The summed E-state index contributed by atoms with van der Waals surface area (Å²) >= 11 is 3.38.